The third-order valence-electron chi connectivity index (χ3n) is 4.14. The first kappa shape index (κ1) is 16.6. The summed E-state index contributed by atoms with van der Waals surface area (Å²) in [6, 6.07) is 7.14. The van der Waals surface area contributed by atoms with Crippen molar-refractivity contribution < 1.29 is 14.0 Å². The van der Waals surface area contributed by atoms with E-state index in [1.807, 2.05) is 39.0 Å². The zero-order valence-electron chi connectivity index (χ0n) is 14.0. The molecule has 1 saturated heterocycles. The first-order chi connectivity index (χ1) is 11.5. The Bertz CT molecular complexity index is 784. The zero-order valence-corrected chi connectivity index (χ0v) is 14.8. The van der Waals surface area contributed by atoms with Gasteiger partial charge >= 0.3 is 0 Å². The molecule has 0 bridgehead atoms. The predicted octanol–water partition coefficient (Wildman–Crippen LogP) is 3.36. The lowest BCUT2D eigenvalue weighted by Crippen LogP contribution is -2.44. The molecule has 1 atom stereocenters. The summed E-state index contributed by atoms with van der Waals surface area (Å²) in [6.45, 7) is 5.80. The van der Waals surface area contributed by atoms with Crippen molar-refractivity contribution in [2.24, 2.45) is 0 Å². The summed E-state index contributed by atoms with van der Waals surface area (Å²) in [6.07, 6.45) is 1.50. The van der Waals surface area contributed by atoms with Crippen LogP contribution >= 0.6 is 11.8 Å². The molecule has 0 spiro atoms. The maximum Gasteiger partial charge on any atom is 0.291 e. The van der Waals surface area contributed by atoms with E-state index in [0.717, 1.165) is 22.4 Å². The average molecular weight is 344 g/mol. The Morgan fingerprint density at radius 2 is 2.00 bits per heavy atom. The van der Waals surface area contributed by atoms with Gasteiger partial charge in [-0.2, -0.15) is 0 Å². The van der Waals surface area contributed by atoms with Gasteiger partial charge in [-0.15, -0.1) is 11.8 Å². The summed E-state index contributed by atoms with van der Waals surface area (Å²) in [5.74, 6) is 0.987. The maximum atomic E-state index is 12.7. The molecule has 2 heterocycles. The number of anilines is 1. The second-order valence-electron chi connectivity index (χ2n) is 6.03. The molecule has 3 rings (SSSR count). The molecule has 1 fully saturated rings. The van der Waals surface area contributed by atoms with Crippen LogP contribution in [0.15, 0.2) is 34.9 Å². The molecule has 2 amide bonds. The van der Waals surface area contributed by atoms with Gasteiger partial charge in [0.2, 0.25) is 5.91 Å². The smallest absolute Gasteiger partial charge is 0.291 e. The van der Waals surface area contributed by atoms with Crippen LogP contribution in [0.3, 0.4) is 0 Å². The molecule has 24 heavy (non-hydrogen) atoms. The van der Waals surface area contributed by atoms with Gasteiger partial charge in [0, 0.05) is 17.0 Å². The number of carbonyl (C=O) groups excluding carboxylic acids is 2. The number of benzene rings is 1. The van der Waals surface area contributed by atoms with Gasteiger partial charge in [-0.1, -0.05) is 17.7 Å². The number of hydrogen-bond donors (Lipinski definition) is 1. The fourth-order valence-corrected chi connectivity index (χ4v) is 3.91. The SMILES string of the molecule is Cc1ccc(NC(=O)[C@@H]2CSCN2C(=O)c2occc2C)c(C)c1. The van der Waals surface area contributed by atoms with Crippen molar-refractivity contribution in [1.82, 2.24) is 4.90 Å². The largest absolute Gasteiger partial charge is 0.459 e. The topological polar surface area (TPSA) is 62.6 Å². The Kier molecular flexibility index (Phi) is 4.66. The fraction of sp³-hybridized carbons (Fsp3) is 0.333. The lowest BCUT2D eigenvalue weighted by Gasteiger charge is -2.22. The highest BCUT2D eigenvalue weighted by Gasteiger charge is 2.36. The van der Waals surface area contributed by atoms with Crippen LogP contribution in [0.5, 0.6) is 0 Å². The molecule has 0 aliphatic carbocycles. The number of nitrogens with one attached hydrogen (secondary N) is 1. The third-order valence-corrected chi connectivity index (χ3v) is 5.15. The van der Waals surface area contributed by atoms with Gasteiger partial charge in [-0.05, 0) is 38.5 Å². The van der Waals surface area contributed by atoms with Crippen LogP contribution < -0.4 is 5.32 Å². The number of thioether (sulfide) groups is 1. The van der Waals surface area contributed by atoms with Crippen LogP contribution in [-0.4, -0.2) is 34.4 Å². The first-order valence-corrected chi connectivity index (χ1v) is 8.94. The summed E-state index contributed by atoms with van der Waals surface area (Å²) in [7, 11) is 0. The van der Waals surface area contributed by atoms with Crippen molar-refractivity contribution >= 4 is 29.3 Å². The number of amides is 2. The van der Waals surface area contributed by atoms with E-state index in [9.17, 15) is 9.59 Å². The summed E-state index contributed by atoms with van der Waals surface area (Å²) in [5, 5.41) is 2.95. The van der Waals surface area contributed by atoms with E-state index in [2.05, 4.69) is 5.32 Å². The van der Waals surface area contributed by atoms with Gasteiger partial charge < -0.3 is 14.6 Å². The van der Waals surface area contributed by atoms with E-state index in [1.54, 1.807) is 22.7 Å². The van der Waals surface area contributed by atoms with Gasteiger partial charge in [0.05, 0.1) is 12.1 Å². The first-order valence-electron chi connectivity index (χ1n) is 7.78. The van der Waals surface area contributed by atoms with E-state index in [0.29, 0.717) is 17.4 Å². The van der Waals surface area contributed by atoms with Crippen molar-refractivity contribution in [3.63, 3.8) is 0 Å². The minimum atomic E-state index is -0.493. The quantitative estimate of drug-likeness (QED) is 0.927. The zero-order chi connectivity index (χ0) is 17.3. The minimum Gasteiger partial charge on any atom is -0.459 e. The molecular formula is C18H20N2O3S. The van der Waals surface area contributed by atoms with Gasteiger partial charge in [0.25, 0.3) is 5.91 Å². The standard InChI is InChI=1S/C18H20N2O3S/c1-11-4-5-14(13(3)8-11)19-17(21)15-9-24-10-20(15)18(22)16-12(2)6-7-23-16/h4-8,15H,9-10H2,1-3H3,(H,19,21)/t15-/m0/s1. The molecule has 0 unspecified atom stereocenters. The van der Waals surface area contributed by atoms with E-state index < -0.39 is 6.04 Å². The van der Waals surface area contributed by atoms with Crippen LogP contribution in [0.4, 0.5) is 5.69 Å². The monoisotopic (exact) mass is 344 g/mol. The molecule has 0 saturated carbocycles. The van der Waals surface area contributed by atoms with Crippen molar-refractivity contribution in [1.29, 1.82) is 0 Å². The molecule has 1 aliphatic rings. The number of carbonyl (C=O) groups is 2. The predicted molar refractivity (Wildman–Crippen MR) is 95.3 cm³/mol. The number of furan rings is 1. The Morgan fingerprint density at radius 1 is 1.21 bits per heavy atom. The molecule has 6 heteroatoms. The fourth-order valence-electron chi connectivity index (χ4n) is 2.75. The van der Waals surface area contributed by atoms with E-state index in [1.165, 1.54) is 6.26 Å². The Morgan fingerprint density at radius 3 is 2.67 bits per heavy atom. The average Bonchev–Trinajstić information content (AvgIpc) is 3.18. The highest BCUT2D eigenvalue weighted by atomic mass is 32.2. The molecule has 1 aliphatic heterocycles. The molecule has 0 radical (unpaired) electrons. The van der Waals surface area contributed by atoms with E-state index in [4.69, 9.17) is 4.42 Å². The summed E-state index contributed by atoms with van der Waals surface area (Å²) < 4.78 is 5.28. The number of aryl methyl sites for hydroxylation is 3. The highest BCUT2D eigenvalue weighted by molar-refractivity contribution is 7.99. The number of nitrogens with zero attached hydrogens (tertiary/aromatic N) is 1. The van der Waals surface area contributed by atoms with E-state index >= 15 is 0 Å². The number of rotatable bonds is 3. The van der Waals surface area contributed by atoms with Gasteiger partial charge in [0.1, 0.15) is 6.04 Å². The lowest BCUT2D eigenvalue weighted by molar-refractivity contribution is -0.119. The van der Waals surface area contributed by atoms with Crippen LogP contribution in [0.1, 0.15) is 27.2 Å². The lowest BCUT2D eigenvalue weighted by atomic mass is 10.1. The summed E-state index contributed by atoms with van der Waals surface area (Å²) in [5.41, 5.74) is 3.72. The van der Waals surface area contributed by atoms with Gasteiger partial charge in [-0.25, -0.2) is 0 Å². The Balaban J connectivity index is 1.76. The third kappa shape index (κ3) is 3.19. The number of hydrogen-bond acceptors (Lipinski definition) is 4. The van der Waals surface area contributed by atoms with Crippen molar-refractivity contribution in [3.8, 4) is 0 Å². The van der Waals surface area contributed by atoms with Crippen LogP contribution in [0, 0.1) is 20.8 Å². The molecular weight excluding hydrogens is 324 g/mol. The Labute approximate surface area is 145 Å². The maximum absolute atomic E-state index is 12.7. The summed E-state index contributed by atoms with van der Waals surface area (Å²) in [4.78, 5) is 26.9. The van der Waals surface area contributed by atoms with E-state index in [-0.39, 0.29) is 11.8 Å². The molecule has 1 aromatic heterocycles. The molecule has 126 valence electrons. The highest BCUT2D eigenvalue weighted by Crippen LogP contribution is 2.26. The summed E-state index contributed by atoms with van der Waals surface area (Å²) >= 11 is 1.57. The second-order valence-corrected chi connectivity index (χ2v) is 7.03. The molecule has 1 N–H and O–H groups in total. The molecule has 2 aromatic rings. The van der Waals surface area contributed by atoms with Gasteiger partial charge in [-0.3, -0.25) is 9.59 Å². The normalized spacial score (nSPS) is 17.1. The molecule has 1 aromatic carbocycles. The van der Waals surface area contributed by atoms with Crippen LogP contribution in [0.2, 0.25) is 0 Å². The van der Waals surface area contributed by atoms with Crippen LogP contribution in [-0.2, 0) is 4.79 Å². The van der Waals surface area contributed by atoms with Gasteiger partial charge in [0.15, 0.2) is 5.76 Å². The second kappa shape index (κ2) is 6.73. The van der Waals surface area contributed by atoms with Crippen molar-refractivity contribution in [3.05, 3.63) is 53.0 Å². The molecule has 5 nitrogen and oxygen atoms in total. The van der Waals surface area contributed by atoms with Crippen molar-refractivity contribution in [2.45, 2.75) is 26.8 Å². The Hall–Kier alpha value is -2.21. The van der Waals surface area contributed by atoms with Crippen molar-refractivity contribution in [2.75, 3.05) is 16.9 Å². The minimum absolute atomic E-state index is 0.162. The van der Waals surface area contributed by atoms with Crippen LogP contribution in [0.25, 0.3) is 0 Å².